The Labute approximate surface area is 167 Å². The molecule has 1 aromatic carbocycles. The Morgan fingerprint density at radius 1 is 0.769 bits per heavy atom. The maximum absolute atomic E-state index is 2.32. The van der Waals surface area contributed by atoms with Gasteiger partial charge in [0.2, 0.25) is 0 Å². The van der Waals surface area contributed by atoms with E-state index < -0.39 is 0 Å². The smallest absolute Gasteiger partial charge is 0 e. The van der Waals surface area contributed by atoms with Gasteiger partial charge in [-0.05, 0) is 61.6 Å². The molecule has 2 rings (SSSR count). The topological polar surface area (TPSA) is 0 Å². The van der Waals surface area contributed by atoms with Crippen LogP contribution in [0.1, 0.15) is 99.7 Å². The summed E-state index contributed by atoms with van der Waals surface area (Å²) < 4.78 is 0. The molecule has 0 aliphatic heterocycles. The minimum Gasteiger partial charge on any atom is -0.0775 e. The first kappa shape index (κ1) is 26.9. The first-order valence-electron chi connectivity index (χ1n) is 10.5. The average molecular weight is 362 g/mol. The monoisotopic (exact) mass is 361 g/mol. The van der Waals surface area contributed by atoms with Gasteiger partial charge >= 0.3 is 0 Å². The SMILES string of the molecule is CC.CC(C)C.CC1=CCC=C1C(C)C.Cc1ccc(C(C)C)c(C)c1.[2HH]. The van der Waals surface area contributed by atoms with Gasteiger partial charge < -0.3 is 0 Å². The second-order valence-corrected chi connectivity index (χ2v) is 8.18. The zero-order valence-electron chi connectivity index (χ0n) is 19.8. The second-order valence-electron chi connectivity index (χ2n) is 8.18. The summed E-state index contributed by atoms with van der Waals surface area (Å²) in [6.07, 6.45) is 5.76. The van der Waals surface area contributed by atoms with Crippen LogP contribution in [0.5, 0.6) is 0 Å². The van der Waals surface area contributed by atoms with Crippen molar-refractivity contribution in [1.29, 1.82) is 0 Å². The lowest BCUT2D eigenvalue weighted by Crippen LogP contribution is -1.91. The Hall–Kier alpha value is -1.30. The van der Waals surface area contributed by atoms with Crippen molar-refractivity contribution in [3.05, 3.63) is 58.2 Å². The van der Waals surface area contributed by atoms with Crippen LogP contribution in [0.4, 0.5) is 0 Å². The lowest BCUT2D eigenvalue weighted by molar-refractivity contribution is 0.737. The fraction of sp³-hybridized carbons (Fsp3) is 0.615. The molecule has 0 spiro atoms. The minimum atomic E-state index is 0. The quantitative estimate of drug-likeness (QED) is 0.492. The Morgan fingerprint density at radius 2 is 1.27 bits per heavy atom. The average Bonchev–Trinajstić information content (AvgIpc) is 2.95. The van der Waals surface area contributed by atoms with Crippen molar-refractivity contribution in [2.45, 2.75) is 95.4 Å². The predicted molar refractivity (Wildman–Crippen MR) is 125 cm³/mol. The zero-order chi connectivity index (χ0) is 20.9. The van der Waals surface area contributed by atoms with Crippen molar-refractivity contribution in [2.75, 3.05) is 0 Å². The van der Waals surface area contributed by atoms with E-state index in [1.807, 2.05) is 13.8 Å². The molecule has 0 saturated heterocycles. The highest BCUT2D eigenvalue weighted by atomic mass is 14.1. The molecular weight excluding hydrogens is 312 g/mol. The predicted octanol–water partition coefficient (Wildman–Crippen LogP) is 9.28. The highest BCUT2D eigenvalue weighted by molar-refractivity contribution is 5.36. The lowest BCUT2D eigenvalue weighted by atomic mass is 9.97. The summed E-state index contributed by atoms with van der Waals surface area (Å²) in [7, 11) is 0. The number of allylic oxidation sites excluding steroid dienone is 4. The van der Waals surface area contributed by atoms with E-state index in [2.05, 4.69) is 99.6 Å². The summed E-state index contributed by atoms with van der Waals surface area (Å²) >= 11 is 0. The summed E-state index contributed by atoms with van der Waals surface area (Å²) in [5.41, 5.74) is 7.25. The molecule has 26 heavy (non-hydrogen) atoms. The van der Waals surface area contributed by atoms with Crippen LogP contribution < -0.4 is 0 Å². The number of rotatable bonds is 2. The van der Waals surface area contributed by atoms with E-state index in [4.69, 9.17) is 0 Å². The first-order chi connectivity index (χ1) is 12.1. The van der Waals surface area contributed by atoms with Crippen LogP contribution in [0.15, 0.2) is 41.5 Å². The Kier molecular flexibility index (Phi) is 15.4. The van der Waals surface area contributed by atoms with E-state index in [1.54, 1.807) is 0 Å². The molecule has 0 fully saturated rings. The molecule has 1 aliphatic carbocycles. The number of hydrogen-bond acceptors (Lipinski definition) is 0. The van der Waals surface area contributed by atoms with Crippen LogP contribution in [-0.2, 0) is 0 Å². The molecule has 0 aromatic heterocycles. The largest absolute Gasteiger partial charge is 0.0775 e. The van der Waals surface area contributed by atoms with E-state index in [9.17, 15) is 0 Å². The van der Waals surface area contributed by atoms with Crippen molar-refractivity contribution in [2.24, 2.45) is 11.8 Å². The van der Waals surface area contributed by atoms with E-state index in [0.29, 0.717) is 11.8 Å². The van der Waals surface area contributed by atoms with Crippen LogP contribution >= 0.6 is 0 Å². The fourth-order valence-electron chi connectivity index (χ4n) is 2.81. The summed E-state index contributed by atoms with van der Waals surface area (Å²) in [4.78, 5) is 0. The molecule has 0 saturated carbocycles. The molecule has 152 valence electrons. The molecule has 0 heteroatoms. The Bertz CT molecular complexity index is 543. The van der Waals surface area contributed by atoms with Crippen LogP contribution in [-0.4, -0.2) is 0 Å². The van der Waals surface area contributed by atoms with Crippen LogP contribution in [0, 0.1) is 25.7 Å². The van der Waals surface area contributed by atoms with Gasteiger partial charge in [-0.15, -0.1) is 0 Å². The van der Waals surface area contributed by atoms with Crippen LogP contribution in [0.25, 0.3) is 0 Å². The first-order valence-corrected chi connectivity index (χ1v) is 10.5. The van der Waals surface area contributed by atoms with Crippen molar-refractivity contribution in [3.63, 3.8) is 0 Å². The van der Waals surface area contributed by atoms with Gasteiger partial charge in [0.15, 0.2) is 0 Å². The molecule has 1 aromatic rings. The van der Waals surface area contributed by atoms with Crippen LogP contribution in [0.3, 0.4) is 0 Å². The Morgan fingerprint density at radius 3 is 1.54 bits per heavy atom. The van der Waals surface area contributed by atoms with Gasteiger partial charge in [-0.1, -0.05) is 104 Å². The van der Waals surface area contributed by atoms with Crippen LogP contribution in [0.2, 0.25) is 0 Å². The molecule has 0 bridgehead atoms. The molecule has 0 amide bonds. The van der Waals surface area contributed by atoms with Gasteiger partial charge in [0.25, 0.3) is 0 Å². The highest BCUT2D eigenvalue weighted by Gasteiger charge is 2.07. The third-order valence-corrected chi connectivity index (χ3v) is 3.89. The molecule has 0 radical (unpaired) electrons. The normalized spacial score (nSPS) is 12.4. The molecule has 0 N–H and O–H groups in total. The maximum Gasteiger partial charge on any atom is 0 e. The summed E-state index contributed by atoms with van der Waals surface area (Å²) in [5.74, 6) is 2.19. The number of benzene rings is 1. The summed E-state index contributed by atoms with van der Waals surface area (Å²) in [6, 6.07) is 6.66. The summed E-state index contributed by atoms with van der Waals surface area (Å²) in [6.45, 7) is 26.0. The van der Waals surface area contributed by atoms with Crippen molar-refractivity contribution in [3.8, 4) is 0 Å². The van der Waals surface area contributed by atoms with E-state index in [1.165, 1.54) is 27.8 Å². The maximum atomic E-state index is 2.32. The highest BCUT2D eigenvalue weighted by Crippen LogP contribution is 2.24. The molecule has 1 aliphatic rings. The second kappa shape index (κ2) is 14.8. The van der Waals surface area contributed by atoms with Crippen molar-refractivity contribution in [1.82, 2.24) is 0 Å². The van der Waals surface area contributed by atoms with Gasteiger partial charge in [-0.25, -0.2) is 0 Å². The Balaban J connectivity index is -0.000000326. The van der Waals surface area contributed by atoms with Gasteiger partial charge in [-0.2, -0.15) is 0 Å². The molecule has 0 heterocycles. The van der Waals surface area contributed by atoms with Gasteiger partial charge in [-0.3, -0.25) is 0 Å². The lowest BCUT2D eigenvalue weighted by Gasteiger charge is -2.09. The van der Waals surface area contributed by atoms with Gasteiger partial charge in [0.05, 0.1) is 0 Å². The third kappa shape index (κ3) is 12.1. The number of aryl methyl sites for hydroxylation is 2. The van der Waals surface area contributed by atoms with Gasteiger partial charge in [0.1, 0.15) is 0 Å². The fourth-order valence-corrected chi connectivity index (χ4v) is 2.81. The summed E-state index contributed by atoms with van der Waals surface area (Å²) in [5, 5.41) is 0. The number of hydrogen-bond donors (Lipinski definition) is 0. The van der Waals surface area contributed by atoms with Crippen molar-refractivity contribution < 1.29 is 1.43 Å². The molecule has 0 unspecified atom stereocenters. The van der Waals surface area contributed by atoms with Gasteiger partial charge in [0, 0.05) is 1.43 Å². The molecule has 0 nitrogen and oxygen atoms in total. The van der Waals surface area contributed by atoms with E-state index >= 15 is 0 Å². The van der Waals surface area contributed by atoms with Crippen molar-refractivity contribution >= 4 is 0 Å². The minimum absolute atomic E-state index is 0. The molecule has 0 atom stereocenters. The zero-order valence-corrected chi connectivity index (χ0v) is 19.8. The standard InChI is InChI=1S/C11H16.C9H14.C4H10.C2H6.H2/c1-8(2)11-6-5-9(3)7-10(11)4;1-7(2)9-6-4-5-8(9)3;1-4(2)3;1-2;/h5-8H,1-4H3;5-7H,4H2,1-3H3;4H,1-3H3;1-2H3;1H/i;;;;1+1. The molecular formula is C26H48. The third-order valence-electron chi connectivity index (χ3n) is 3.89. The van der Waals surface area contributed by atoms with E-state index in [-0.39, 0.29) is 1.43 Å². The van der Waals surface area contributed by atoms with E-state index in [0.717, 1.165) is 12.3 Å².